The van der Waals surface area contributed by atoms with Crippen LogP contribution in [0.1, 0.15) is 0 Å². The lowest BCUT2D eigenvalue weighted by Gasteiger charge is -1.98. The van der Waals surface area contributed by atoms with Gasteiger partial charge in [0.05, 0.1) is 0 Å². The van der Waals surface area contributed by atoms with Gasteiger partial charge in [-0.3, -0.25) is 4.79 Å². The molecule has 0 aliphatic heterocycles. The molecule has 0 saturated carbocycles. The van der Waals surface area contributed by atoms with Gasteiger partial charge in [0.25, 0.3) is 5.56 Å². The Morgan fingerprint density at radius 2 is 2.07 bits per heavy atom. The van der Waals surface area contributed by atoms with Crippen LogP contribution in [0.4, 0.5) is 5.82 Å². The molecule has 0 fully saturated rings. The predicted molar refractivity (Wildman–Crippen MR) is 55.4 cm³/mol. The Kier molecular flexibility index (Phi) is 2.64. The highest BCUT2D eigenvalue weighted by molar-refractivity contribution is 7.99. The van der Waals surface area contributed by atoms with E-state index in [4.69, 9.17) is 5.73 Å². The van der Waals surface area contributed by atoms with E-state index in [0.717, 1.165) is 11.8 Å². The zero-order valence-electron chi connectivity index (χ0n) is 7.54. The molecule has 0 aliphatic rings. The third-order valence-electron chi connectivity index (χ3n) is 1.49. The van der Waals surface area contributed by atoms with E-state index in [-0.39, 0.29) is 5.56 Å². The summed E-state index contributed by atoms with van der Waals surface area (Å²) in [5.74, 6) is 0.380. The number of nitrogens with zero attached hydrogens (tertiary/aromatic N) is 3. The molecule has 0 bridgehead atoms. The molecular formula is C8H7N5OS. The fourth-order valence-electron chi connectivity index (χ4n) is 0.893. The molecule has 0 atom stereocenters. The van der Waals surface area contributed by atoms with Crippen molar-refractivity contribution in [2.45, 2.75) is 10.3 Å². The van der Waals surface area contributed by atoms with Gasteiger partial charge >= 0.3 is 0 Å². The molecule has 0 saturated heterocycles. The van der Waals surface area contributed by atoms with Crippen LogP contribution in [-0.2, 0) is 0 Å². The summed E-state index contributed by atoms with van der Waals surface area (Å²) in [6.07, 6.45) is 2.97. The fourth-order valence-corrected chi connectivity index (χ4v) is 1.60. The number of nitrogens with two attached hydrogens (primary N) is 1. The van der Waals surface area contributed by atoms with Gasteiger partial charge in [0.1, 0.15) is 5.82 Å². The second-order valence-corrected chi connectivity index (χ2v) is 3.56. The molecule has 0 aliphatic carbocycles. The van der Waals surface area contributed by atoms with E-state index >= 15 is 0 Å². The molecule has 2 aromatic heterocycles. The van der Waals surface area contributed by atoms with Gasteiger partial charge < -0.3 is 10.7 Å². The molecule has 0 aromatic carbocycles. The molecular weight excluding hydrogens is 214 g/mol. The molecule has 6 nitrogen and oxygen atoms in total. The summed E-state index contributed by atoms with van der Waals surface area (Å²) >= 11 is 1.15. The Balaban J connectivity index is 2.26. The predicted octanol–water partition coefficient (Wildman–Crippen LogP) is 0.293. The van der Waals surface area contributed by atoms with Crippen LogP contribution >= 0.6 is 11.8 Å². The maximum atomic E-state index is 11.0. The molecule has 0 amide bonds. The van der Waals surface area contributed by atoms with E-state index in [2.05, 4.69) is 19.9 Å². The minimum absolute atomic E-state index is 0.212. The summed E-state index contributed by atoms with van der Waals surface area (Å²) in [5, 5.41) is 0.887. The molecule has 2 aromatic rings. The molecule has 2 rings (SSSR count). The van der Waals surface area contributed by atoms with Crippen LogP contribution in [0.2, 0.25) is 0 Å². The van der Waals surface area contributed by atoms with Crippen LogP contribution in [-0.4, -0.2) is 19.9 Å². The van der Waals surface area contributed by atoms with Gasteiger partial charge in [-0.1, -0.05) is 0 Å². The largest absolute Gasteiger partial charge is 0.384 e. The van der Waals surface area contributed by atoms with Crippen molar-refractivity contribution in [2.24, 2.45) is 0 Å². The van der Waals surface area contributed by atoms with E-state index in [9.17, 15) is 4.79 Å². The quantitative estimate of drug-likeness (QED) is 0.707. The molecule has 0 radical (unpaired) electrons. The van der Waals surface area contributed by atoms with E-state index in [1.54, 1.807) is 12.3 Å². The van der Waals surface area contributed by atoms with Gasteiger partial charge in [0.2, 0.25) is 0 Å². The summed E-state index contributed by atoms with van der Waals surface area (Å²) in [6.45, 7) is 0. The van der Waals surface area contributed by atoms with Crippen LogP contribution in [0.15, 0.2) is 39.6 Å². The zero-order valence-corrected chi connectivity index (χ0v) is 8.36. The monoisotopic (exact) mass is 221 g/mol. The van der Waals surface area contributed by atoms with E-state index in [1.165, 1.54) is 12.3 Å². The average Bonchev–Trinajstić information content (AvgIpc) is 2.17. The lowest BCUT2D eigenvalue weighted by atomic mass is 10.6. The van der Waals surface area contributed by atoms with Gasteiger partial charge in [-0.05, 0) is 17.8 Å². The first kappa shape index (κ1) is 9.66. The van der Waals surface area contributed by atoms with Crippen molar-refractivity contribution in [2.75, 3.05) is 5.73 Å². The highest BCUT2D eigenvalue weighted by Gasteiger charge is 2.02. The van der Waals surface area contributed by atoms with Crippen molar-refractivity contribution in [1.82, 2.24) is 19.9 Å². The minimum atomic E-state index is -0.212. The fraction of sp³-hybridized carbons (Fsp3) is 0. The number of hydrogen-bond donors (Lipinski definition) is 2. The van der Waals surface area contributed by atoms with Crippen molar-refractivity contribution >= 4 is 17.6 Å². The van der Waals surface area contributed by atoms with E-state index in [1.807, 2.05) is 0 Å². The number of nitrogens with one attached hydrogen (secondary N) is 1. The Labute approximate surface area is 89.0 Å². The van der Waals surface area contributed by atoms with Crippen LogP contribution < -0.4 is 11.3 Å². The molecule has 2 heterocycles. The van der Waals surface area contributed by atoms with Crippen molar-refractivity contribution in [3.8, 4) is 0 Å². The van der Waals surface area contributed by atoms with Crippen LogP contribution in [0.3, 0.4) is 0 Å². The number of H-pyrrole nitrogens is 1. The second kappa shape index (κ2) is 4.09. The Bertz CT molecular complexity index is 526. The van der Waals surface area contributed by atoms with Gasteiger partial charge in [-0.2, -0.15) is 0 Å². The Morgan fingerprint density at radius 1 is 1.27 bits per heavy atom. The zero-order chi connectivity index (χ0) is 10.7. The highest BCUT2D eigenvalue weighted by atomic mass is 32.2. The van der Waals surface area contributed by atoms with Crippen LogP contribution in [0.5, 0.6) is 0 Å². The van der Waals surface area contributed by atoms with Crippen LogP contribution in [0, 0.1) is 0 Å². The first-order chi connectivity index (χ1) is 7.24. The summed E-state index contributed by atoms with van der Waals surface area (Å²) < 4.78 is 0. The molecule has 0 spiro atoms. The van der Waals surface area contributed by atoms with E-state index in [0.29, 0.717) is 16.1 Å². The number of aromatic amines is 1. The lowest BCUT2D eigenvalue weighted by molar-refractivity contribution is 0.913. The molecule has 3 N–H and O–H groups in total. The van der Waals surface area contributed by atoms with Crippen molar-refractivity contribution < 1.29 is 0 Å². The Hall–Kier alpha value is -1.89. The first-order valence-electron chi connectivity index (χ1n) is 4.06. The summed E-state index contributed by atoms with van der Waals surface area (Å²) in [5.41, 5.74) is 5.27. The summed E-state index contributed by atoms with van der Waals surface area (Å²) in [4.78, 5) is 25.4. The van der Waals surface area contributed by atoms with Gasteiger partial charge in [0.15, 0.2) is 10.3 Å². The minimum Gasteiger partial charge on any atom is -0.384 e. The standard InChI is InChI=1S/C8H7N5OS/c9-5-1-3-10-7(12-5)15-8-11-4-2-6(14)13-8/h1-4H,(H2,9,10,12)(H,11,13,14). The number of hydrogen-bond acceptors (Lipinski definition) is 6. The second-order valence-electron chi connectivity index (χ2n) is 2.61. The third kappa shape index (κ3) is 2.53. The van der Waals surface area contributed by atoms with Gasteiger partial charge in [0, 0.05) is 18.5 Å². The number of rotatable bonds is 2. The summed E-state index contributed by atoms with van der Waals surface area (Å²) in [6, 6.07) is 2.93. The topological polar surface area (TPSA) is 97.5 Å². The maximum Gasteiger partial charge on any atom is 0.251 e. The third-order valence-corrected chi connectivity index (χ3v) is 2.27. The van der Waals surface area contributed by atoms with Crippen LogP contribution in [0.25, 0.3) is 0 Å². The lowest BCUT2D eigenvalue weighted by Crippen LogP contribution is -2.05. The SMILES string of the molecule is Nc1ccnc(Sc2nccc(=O)[nH]2)n1. The normalized spacial score (nSPS) is 10.1. The Morgan fingerprint density at radius 3 is 2.80 bits per heavy atom. The molecule has 0 unspecified atom stereocenters. The van der Waals surface area contributed by atoms with Crippen molar-refractivity contribution in [3.63, 3.8) is 0 Å². The average molecular weight is 221 g/mol. The van der Waals surface area contributed by atoms with Gasteiger partial charge in [-0.15, -0.1) is 0 Å². The number of aromatic nitrogens is 4. The molecule has 7 heteroatoms. The first-order valence-corrected chi connectivity index (χ1v) is 4.87. The maximum absolute atomic E-state index is 11.0. The van der Waals surface area contributed by atoms with E-state index < -0.39 is 0 Å². The molecule has 15 heavy (non-hydrogen) atoms. The summed E-state index contributed by atoms with van der Waals surface area (Å²) in [7, 11) is 0. The highest BCUT2D eigenvalue weighted by Crippen LogP contribution is 2.19. The number of nitrogen functional groups attached to an aromatic ring is 1. The van der Waals surface area contributed by atoms with Gasteiger partial charge in [-0.25, -0.2) is 15.0 Å². The molecule has 76 valence electrons. The smallest absolute Gasteiger partial charge is 0.251 e. The van der Waals surface area contributed by atoms with Crippen molar-refractivity contribution in [3.05, 3.63) is 34.9 Å². The number of anilines is 1. The van der Waals surface area contributed by atoms with Crippen molar-refractivity contribution in [1.29, 1.82) is 0 Å².